The van der Waals surface area contributed by atoms with Crippen molar-refractivity contribution >= 4 is 45.7 Å². The van der Waals surface area contributed by atoms with Crippen LogP contribution in [-0.4, -0.2) is 10.9 Å². The van der Waals surface area contributed by atoms with E-state index in [9.17, 15) is 9.18 Å². The molecule has 0 saturated carbocycles. The number of amides is 1. The number of anilines is 1. The van der Waals surface area contributed by atoms with Gasteiger partial charge in [0, 0.05) is 22.2 Å². The summed E-state index contributed by atoms with van der Waals surface area (Å²) in [6.45, 7) is 0. The van der Waals surface area contributed by atoms with Crippen molar-refractivity contribution in [1.29, 1.82) is 0 Å². The molecule has 22 heavy (non-hydrogen) atoms. The summed E-state index contributed by atoms with van der Waals surface area (Å²) in [4.78, 5) is 16.3. The largest absolute Gasteiger partial charge is 0.322 e. The van der Waals surface area contributed by atoms with Gasteiger partial charge in [0.15, 0.2) is 0 Å². The summed E-state index contributed by atoms with van der Waals surface area (Å²) in [7, 11) is 0. The Kier molecular flexibility index (Phi) is 3.96. The summed E-state index contributed by atoms with van der Waals surface area (Å²) in [5.74, 6) is -0.805. The number of hydrogen-bond donors (Lipinski definition) is 1. The van der Waals surface area contributed by atoms with Gasteiger partial charge in [-0.3, -0.25) is 4.79 Å². The van der Waals surface area contributed by atoms with Crippen molar-refractivity contribution in [3.63, 3.8) is 0 Å². The smallest absolute Gasteiger partial charge is 0.258 e. The van der Waals surface area contributed by atoms with E-state index < -0.39 is 11.7 Å². The number of fused-ring (bicyclic) bond motifs is 1. The van der Waals surface area contributed by atoms with Gasteiger partial charge in [0.25, 0.3) is 5.91 Å². The normalized spacial score (nSPS) is 10.7. The van der Waals surface area contributed by atoms with Crippen LogP contribution >= 0.6 is 23.2 Å². The Bertz CT molecular complexity index is 866. The van der Waals surface area contributed by atoms with E-state index in [4.69, 9.17) is 23.2 Å². The van der Waals surface area contributed by atoms with Crippen LogP contribution in [0.5, 0.6) is 0 Å². The Balaban J connectivity index is 1.94. The first-order valence-electron chi connectivity index (χ1n) is 6.36. The van der Waals surface area contributed by atoms with Crippen LogP contribution in [0.4, 0.5) is 10.1 Å². The number of rotatable bonds is 2. The van der Waals surface area contributed by atoms with Gasteiger partial charge >= 0.3 is 0 Å². The second kappa shape index (κ2) is 5.91. The molecule has 3 aromatic rings. The maximum Gasteiger partial charge on any atom is 0.258 e. The fourth-order valence-corrected chi connectivity index (χ4v) is 2.37. The lowest BCUT2D eigenvalue weighted by Crippen LogP contribution is -2.13. The van der Waals surface area contributed by atoms with E-state index in [1.165, 1.54) is 12.1 Å². The number of aromatic nitrogens is 1. The molecule has 0 unspecified atom stereocenters. The Morgan fingerprint density at radius 2 is 1.77 bits per heavy atom. The highest BCUT2D eigenvalue weighted by Crippen LogP contribution is 2.23. The van der Waals surface area contributed by atoms with Crippen molar-refractivity contribution in [3.8, 4) is 0 Å². The minimum Gasteiger partial charge on any atom is -0.322 e. The third-order valence-corrected chi connectivity index (χ3v) is 3.62. The van der Waals surface area contributed by atoms with Crippen molar-refractivity contribution in [2.45, 2.75) is 0 Å². The SMILES string of the molecule is O=C(Nc1ccc(Cl)cc1)c1cc2ccc(F)cc2nc1Cl. The lowest BCUT2D eigenvalue weighted by molar-refractivity contribution is 0.102. The molecular weight excluding hydrogens is 326 g/mol. The van der Waals surface area contributed by atoms with Crippen LogP contribution < -0.4 is 5.32 Å². The third kappa shape index (κ3) is 3.03. The predicted molar refractivity (Wildman–Crippen MR) is 86.1 cm³/mol. The summed E-state index contributed by atoms with van der Waals surface area (Å²) in [6.07, 6.45) is 0. The molecule has 0 aliphatic carbocycles. The maximum atomic E-state index is 13.2. The first kappa shape index (κ1) is 14.8. The highest BCUT2D eigenvalue weighted by molar-refractivity contribution is 6.34. The molecule has 3 rings (SSSR count). The third-order valence-electron chi connectivity index (χ3n) is 3.08. The second-order valence-electron chi connectivity index (χ2n) is 4.62. The van der Waals surface area contributed by atoms with Crippen LogP contribution in [0.15, 0.2) is 48.5 Å². The molecule has 0 aliphatic rings. The zero-order valence-electron chi connectivity index (χ0n) is 11.1. The fourth-order valence-electron chi connectivity index (χ4n) is 2.01. The number of nitrogens with one attached hydrogen (secondary N) is 1. The van der Waals surface area contributed by atoms with Crippen LogP contribution in [0.1, 0.15) is 10.4 Å². The van der Waals surface area contributed by atoms with E-state index in [0.29, 0.717) is 21.6 Å². The average molecular weight is 335 g/mol. The quantitative estimate of drug-likeness (QED) is 0.675. The van der Waals surface area contributed by atoms with Gasteiger partial charge < -0.3 is 5.32 Å². The van der Waals surface area contributed by atoms with Gasteiger partial charge in [-0.2, -0.15) is 0 Å². The Hall–Kier alpha value is -2.17. The van der Waals surface area contributed by atoms with Crippen molar-refractivity contribution in [3.05, 3.63) is 70.1 Å². The molecular formula is C16H9Cl2FN2O. The van der Waals surface area contributed by atoms with Gasteiger partial charge in [-0.15, -0.1) is 0 Å². The van der Waals surface area contributed by atoms with E-state index >= 15 is 0 Å². The van der Waals surface area contributed by atoms with Crippen LogP contribution in [0.25, 0.3) is 10.9 Å². The number of hydrogen-bond acceptors (Lipinski definition) is 2. The summed E-state index contributed by atoms with van der Waals surface area (Å²) in [6, 6.07) is 12.4. The van der Waals surface area contributed by atoms with Crippen molar-refractivity contribution in [2.75, 3.05) is 5.32 Å². The first-order chi connectivity index (χ1) is 10.5. The summed E-state index contributed by atoms with van der Waals surface area (Å²) >= 11 is 11.8. The summed E-state index contributed by atoms with van der Waals surface area (Å²) in [5, 5.41) is 3.93. The molecule has 0 radical (unpaired) electrons. The molecule has 0 aliphatic heterocycles. The molecule has 3 nitrogen and oxygen atoms in total. The van der Waals surface area contributed by atoms with Crippen LogP contribution in [0, 0.1) is 5.82 Å². The Labute approximate surface area is 135 Å². The molecule has 0 saturated heterocycles. The maximum absolute atomic E-state index is 13.2. The molecule has 0 atom stereocenters. The minimum absolute atomic E-state index is 0.0181. The molecule has 1 heterocycles. The number of halogens is 3. The van der Waals surface area contributed by atoms with Gasteiger partial charge in [-0.05, 0) is 42.5 Å². The minimum atomic E-state index is -0.408. The highest BCUT2D eigenvalue weighted by Gasteiger charge is 2.13. The lowest BCUT2D eigenvalue weighted by atomic mass is 10.1. The molecule has 0 fully saturated rings. The van der Waals surface area contributed by atoms with Gasteiger partial charge in [0.1, 0.15) is 11.0 Å². The number of benzene rings is 2. The molecule has 6 heteroatoms. The summed E-state index contributed by atoms with van der Waals surface area (Å²) < 4.78 is 13.2. The molecule has 1 amide bonds. The zero-order valence-corrected chi connectivity index (χ0v) is 12.6. The standard InChI is InChI=1S/C16H9Cl2FN2O/c17-10-2-5-12(6-3-10)20-16(22)13-7-9-1-4-11(19)8-14(9)21-15(13)18/h1-8H,(H,20,22). The number of nitrogens with zero attached hydrogens (tertiary/aromatic N) is 1. The van der Waals surface area contributed by atoms with E-state index in [1.807, 2.05) is 0 Å². The lowest BCUT2D eigenvalue weighted by Gasteiger charge is -2.08. The molecule has 0 bridgehead atoms. The zero-order chi connectivity index (χ0) is 15.7. The van der Waals surface area contributed by atoms with Crippen molar-refractivity contribution in [1.82, 2.24) is 4.98 Å². The van der Waals surface area contributed by atoms with Gasteiger partial charge in [-0.1, -0.05) is 23.2 Å². The van der Waals surface area contributed by atoms with E-state index in [-0.39, 0.29) is 10.7 Å². The first-order valence-corrected chi connectivity index (χ1v) is 7.11. The second-order valence-corrected chi connectivity index (χ2v) is 5.42. The number of carbonyl (C=O) groups excluding carboxylic acids is 1. The molecule has 1 aromatic heterocycles. The Morgan fingerprint density at radius 1 is 1.05 bits per heavy atom. The van der Waals surface area contributed by atoms with E-state index in [2.05, 4.69) is 10.3 Å². The average Bonchev–Trinajstić information content (AvgIpc) is 2.48. The Morgan fingerprint density at radius 3 is 2.50 bits per heavy atom. The van der Waals surface area contributed by atoms with Gasteiger partial charge in [0.05, 0.1) is 11.1 Å². The highest BCUT2D eigenvalue weighted by atomic mass is 35.5. The molecule has 2 aromatic carbocycles. The topological polar surface area (TPSA) is 42.0 Å². The molecule has 1 N–H and O–H groups in total. The summed E-state index contributed by atoms with van der Waals surface area (Å²) in [5.41, 5.74) is 1.20. The van der Waals surface area contributed by atoms with Crippen LogP contribution in [0.2, 0.25) is 10.2 Å². The van der Waals surface area contributed by atoms with Gasteiger partial charge in [-0.25, -0.2) is 9.37 Å². The number of pyridine rings is 1. The van der Waals surface area contributed by atoms with E-state index in [0.717, 1.165) is 0 Å². The number of carbonyl (C=O) groups is 1. The van der Waals surface area contributed by atoms with Crippen LogP contribution in [0.3, 0.4) is 0 Å². The van der Waals surface area contributed by atoms with Crippen molar-refractivity contribution in [2.24, 2.45) is 0 Å². The van der Waals surface area contributed by atoms with Crippen LogP contribution in [-0.2, 0) is 0 Å². The monoisotopic (exact) mass is 334 g/mol. The predicted octanol–water partition coefficient (Wildman–Crippen LogP) is 4.93. The molecule has 0 spiro atoms. The fraction of sp³-hybridized carbons (Fsp3) is 0. The van der Waals surface area contributed by atoms with E-state index in [1.54, 1.807) is 36.4 Å². The molecule has 110 valence electrons. The van der Waals surface area contributed by atoms with Gasteiger partial charge in [0.2, 0.25) is 0 Å². The van der Waals surface area contributed by atoms with Crippen molar-refractivity contribution < 1.29 is 9.18 Å².